The topological polar surface area (TPSA) is 101 Å². The van der Waals surface area contributed by atoms with E-state index in [-0.39, 0.29) is 35.9 Å². The Bertz CT molecular complexity index is 1120. The van der Waals surface area contributed by atoms with Crippen molar-refractivity contribution in [2.24, 2.45) is 11.3 Å². The third-order valence-corrected chi connectivity index (χ3v) is 10.3. The van der Waals surface area contributed by atoms with Crippen molar-refractivity contribution < 1.29 is 14.3 Å². The number of carbonyl (C=O) groups is 2. The molecule has 230 valence electrons. The van der Waals surface area contributed by atoms with Gasteiger partial charge >= 0.3 is 5.97 Å². The van der Waals surface area contributed by atoms with Crippen molar-refractivity contribution in [3.63, 3.8) is 0 Å². The number of likely N-dealkylation sites (tertiary alicyclic amines) is 1. The molecule has 1 amide bonds. The van der Waals surface area contributed by atoms with Crippen molar-refractivity contribution in [2.75, 3.05) is 26.7 Å². The Morgan fingerprint density at radius 3 is 2.36 bits per heavy atom. The Labute approximate surface area is 255 Å². The zero-order valence-electron chi connectivity index (χ0n) is 25.0. The zero-order valence-corrected chi connectivity index (χ0v) is 25.7. The average Bonchev–Trinajstić information content (AvgIpc) is 3.54. The SMILES string of the molecule is COC(=O)CNC1CCC(N[C@H](Cc2ccc(Cl)cc2)C(=O)N2CCC(Cn3cncn3)(C3CCCCC3)CC2)CC1. The lowest BCUT2D eigenvalue weighted by Crippen LogP contribution is -2.56. The third kappa shape index (κ3) is 8.11. The van der Waals surface area contributed by atoms with Crippen molar-refractivity contribution >= 4 is 23.5 Å². The minimum atomic E-state index is -0.284. The Balaban J connectivity index is 1.23. The molecule has 2 saturated carbocycles. The van der Waals surface area contributed by atoms with Crippen molar-refractivity contribution in [2.45, 2.75) is 102 Å². The number of piperidine rings is 1. The molecule has 2 N–H and O–H groups in total. The number of hydrogen-bond acceptors (Lipinski definition) is 7. The van der Waals surface area contributed by atoms with Gasteiger partial charge in [0, 0.05) is 36.7 Å². The standard InChI is InChI=1S/C32H47ClN6O3/c1-42-30(40)20-35-27-11-13-28(14-12-27)37-29(19-24-7-9-26(33)10-8-24)31(41)38-17-15-32(16-18-38,21-39-23-34-22-36-39)25-5-3-2-4-6-25/h7-10,22-23,25,27-29,35,37H,2-6,11-21H2,1H3/t27?,28?,29-/m1/s1. The number of halogens is 1. The molecule has 1 aliphatic heterocycles. The highest BCUT2D eigenvalue weighted by Crippen LogP contribution is 2.47. The number of esters is 1. The molecule has 0 bridgehead atoms. The third-order valence-electron chi connectivity index (χ3n) is 10.1. The molecule has 0 spiro atoms. The van der Waals surface area contributed by atoms with Gasteiger partial charge in [0.15, 0.2) is 0 Å². The van der Waals surface area contributed by atoms with Crippen LogP contribution in [0.15, 0.2) is 36.9 Å². The first-order valence-electron chi connectivity index (χ1n) is 15.9. The maximum Gasteiger partial charge on any atom is 0.319 e. The number of rotatable bonds is 11. The number of methoxy groups -OCH3 is 1. The van der Waals surface area contributed by atoms with Gasteiger partial charge in [-0.3, -0.25) is 14.3 Å². The molecule has 3 fully saturated rings. The number of carbonyl (C=O) groups excluding carboxylic acids is 2. The summed E-state index contributed by atoms with van der Waals surface area (Å²) in [6, 6.07) is 8.14. The van der Waals surface area contributed by atoms with Gasteiger partial charge in [0.25, 0.3) is 0 Å². The van der Waals surface area contributed by atoms with E-state index in [1.165, 1.54) is 39.2 Å². The quantitative estimate of drug-likeness (QED) is 0.370. The lowest BCUT2D eigenvalue weighted by atomic mass is 9.63. The molecule has 2 aromatic rings. The van der Waals surface area contributed by atoms with E-state index >= 15 is 0 Å². The molecule has 0 unspecified atom stereocenters. The van der Waals surface area contributed by atoms with Crippen molar-refractivity contribution in [3.05, 3.63) is 47.5 Å². The van der Waals surface area contributed by atoms with Gasteiger partial charge in [-0.05, 0) is 86.8 Å². The van der Waals surface area contributed by atoms with Crippen LogP contribution in [0.25, 0.3) is 0 Å². The molecule has 2 aliphatic carbocycles. The van der Waals surface area contributed by atoms with Crippen molar-refractivity contribution in [1.82, 2.24) is 30.3 Å². The van der Waals surface area contributed by atoms with Crippen LogP contribution in [0.4, 0.5) is 0 Å². The predicted molar refractivity (Wildman–Crippen MR) is 163 cm³/mol. The van der Waals surface area contributed by atoms with Gasteiger partial charge in [-0.1, -0.05) is 43.0 Å². The van der Waals surface area contributed by atoms with E-state index in [4.69, 9.17) is 16.3 Å². The van der Waals surface area contributed by atoms with E-state index in [2.05, 4.69) is 25.6 Å². The predicted octanol–water partition coefficient (Wildman–Crippen LogP) is 4.40. The minimum absolute atomic E-state index is 0.166. The smallest absolute Gasteiger partial charge is 0.319 e. The molecular formula is C32H47ClN6O3. The molecule has 0 radical (unpaired) electrons. The number of nitrogens with one attached hydrogen (secondary N) is 2. The molecule has 10 heteroatoms. The normalized spacial score (nSPS) is 23.8. The van der Waals surface area contributed by atoms with Crippen LogP contribution in [-0.2, 0) is 27.3 Å². The van der Waals surface area contributed by atoms with Gasteiger partial charge in [-0.25, -0.2) is 4.98 Å². The largest absolute Gasteiger partial charge is 0.468 e. The number of benzene rings is 1. The van der Waals surface area contributed by atoms with Crippen LogP contribution in [0.5, 0.6) is 0 Å². The maximum absolute atomic E-state index is 14.2. The lowest BCUT2D eigenvalue weighted by Gasteiger charge is -2.48. The Morgan fingerprint density at radius 1 is 1.02 bits per heavy atom. The van der Waals surface area contributed by atoms with Crippen LogP contribution in [0.1, 0.15) is 76.2 Å². The molecule has 1 aromatic heterocycles. The first-order valence-corrected chi connectivity index (χ1v) is 16.2. The fourth-order valence-electron chi connectivity index (χ4n) is 7.56. The van der Waals surface area contributed by atoms with Crippen LogP contribution < -0.4 is 10.6 Å². The molecule has 9 nitrogen and oxygen atoms in total. The molecule has 42 heavy (non-hydrogen) atoms. The first-order chi connectivity index (χ1) is 20.4. The molecule has 1 aromatic carbocycles. The summed E-state index contributed by atoms with van der Waals surface area (Å²) >= 11 is 6.16. The van der Waals surface area contributed by atoms with E-state index in [0.29, 0.717) is 23.4 Å². The number of ether oxygens (including phenoxy) is 1. The second-order valence-electron chi connectivity index (χ2n) is 12.7. The Kier molecular flexibility index (Phi) is 10.9. The Morgan fingerprint density at radius 2 is 1.71 bits per heavy atom. The highest BCUT2D eigenvalue weighted by atomic mass is 35.5. The van der Waals surface area contributed by atoms with Crippen LogP contribution >= 0.6 is 11.6 Å². The molecule has 2 heterocycles. The number of hydrogen-bond donors (Lipinski definition) is 2. The van der Waals surface area contributed by atoms with Crippen LogP contribution in [0, 0.1) is 11.3 Å². The van der Waals surface area contributed by atoms with Crippen LogP contribution in [0.3, 0.4) is 0 Å². The summed E-state index contributed by atoms with van der Waals surface area (Å²) in [7, 11) is 1.41. The summed E-state index contributed by atoms with van der Waals surface area (Å²) in [5.41, 5.74) is 1.28. The lowest BCUT2D eigenvalue weighted by molar-refractivity contribution is -0.140. The molecular weight excluding hydrogens is 552 g/mol. The van der Waals surface area contributed by atoms with Crippen molar-refractivity contribution in [3.8, 4) is 0 Å². The highest BCUT2D eigenvalue weighted by Gasteiger charge is 2.44. The first kappa shape index (κ1) is 31.0. The molecule has 3 aliphatic rings. The maximum atomic E-state index is 14.2. The summed E-state index contributed by atoms with van der Waals surface area (Å²) < 4.78 is 6.77. The van der Waals surface area contributed by atoms with Gasteiger partial charge in [0.2, 0.25) is 5.91 Å². The van der Waals surface area contributed by atoms with Gasteiger partial charge in [0.05, 0.1) is 19.7 Å². The van der Waals surface area contributed by atoms with Gasteiger partial charge in [-0.15, -0.1) is 0 Å². The van der Waals surface area contributed by atoms with E-state index < -0.39 is 0 Å². The number of aromatic nitrogens is 3. The van der Waals surface area contributed by atoms with Gasteiger partial charge in [-0.2, -0.15) is 5.10 Å². The number of nitrogens with zero attached hydrogens (tertiary/aromatic N) is 4. The van der Waals surface area contributed by atoms with E-state index in [9.17, 15) is 9.59 Å². The van der Waals surface area contributed by atoms with Gasteiger partial charge < -0.3 is 20.3 Å². The van der Waals surface area contributed by atoms with Crippen LogP contribution in [-0.4, -0.2) is 76.4 Å². The van der Waals surface area contributed by atoms with Crippen LogP contribution in [0.2, 0.25) is 5.02 Å². The molecule has 1 atom stereocenters. The van der Waals surface area contributed by atoms with E-state index in [0.717, 1.165) is 63.7 Å². The monoisotopic (exact) mass is 598 g/mol. The fraction of sp³-hybridized carbons (Fsp3) is 0.688. The Hall–Kier alpha value is -2.49. The highest BCUT2D eigenvalue weighted by molar-refractivity contribution is 6.30. The minimum Gasteiger partial charge on any atom is -0.468 e. The second-order valence-corrected chi connectivity index (χ2v) is 13.1. The van der Waals surface area contributed by atoms with Gasteiger partial charge in [0.1, 0.15) is 12.7 Å². The summed E-state index contributed by atoms with van der Waals surface area (Å²) in [4.78, 5) is 32.0. The second kappa shape index (κ2) is 14.8. The summed E-state index contributed by atoms with van der Waals surface area (Å²) in [5, 5.41) is 12.2. The fourth-order valence-corrected chi connectivity index (χ4v) is 7.69. The molecule has 5 rings (SSSR count). The van der Waals surface area contributed by atoms with E-state index in [1.807, 2.05) is 35.3 Å². The summed E-state index contributed by atoms with van der Waals surface area (Å²) in [5.74, 6) is 0.645. The van der Waals surface area contributed by atoms with Crippen molar-refractivity contribution in [1.29, 1.82) is 0 Å². The number of amides is 1. The van der Waals surface area contributed by atoms with E-state index in [1.54, 1.807) is 6.33 Å². The molecule has 1 saturated heterocycles. The zero-order chi connectivity index (χ0) is 29.4. The summed E-state index contributed by atoms with van der Waals surface area (Å²) in [6.45, 7) is 2.70. The average molecular weight is 599 g/mol. The summed E-state index contributed by atoms with van der Waals surface area (Å²) in [6.07, 6.45) is 16.5.